The third kappa shape index (κ3) is 5.01. The van der Waals surface area contributed by atoms with E-state index in [1.54, 1.807) is 11.4 Å². The lowest BCUT2D eigenvalue weighted by Gasteiger charge is -2.37. The zero-order valence-corrected chi connectivity index (χ0v) is 16.8. The smallest absolute Gasteiger partial charge is 0.214 e. The molecule has 0 radical (unpaired) electrons. The van der Waals surface area contributed by atoms with Crippen LogP contribution in [-0.4, -0.2) is 56.7 Å². The average Bonchev–Trinajstić information content (AvgIpc) is 2.70. The number of hydrogen-bond donors (Lipinski definition) is 0. The lowest BCUT2D eigenvalue weighted by atomic mass is 9.91. The van der Waals surface area contributed by atoms with Gasteiger partial charge in [-0.05, 0) is 36.5 Å². The monoisotopic (exact) mass is 391 g/mol. The second-order valence-corrected chi connectivity index (χ2v) is 9.54. The molecule has 2 aliphatic rings. The van der Waals surface area contributed by atoms with E-state index in [-0.39, 0.29) is 11.8 Å². The molecule has 1 heterocycles. The summed E-state index contributed by atoms with van der Waals surface area (Å²) < 4.78 is 32.3. The van der Waals surface area contributed by atoms with Crippen molar-refractivity contribution in [3.8, 4) is 11.8 Å². The molecule has 1 saturated carbocycles. The van der Waals surface area contributed by atoms with Crippen molar-refractivity contribution in [2.24, 2.45) is 5.92 Å². The van der Waals surface area contributed by atoms with E-state index in [4.69, 9.17) is 4.74 Å². The molecule has 6 nitrogen and oxygen atoms in total. The predicted octanol–water partition coefficient (Wildman–Crippen LogP) is 2.79. The number of methoxy groups -OCH3 is 1. The Labute approximate surface area is 162 Å². The van der Waals surface area contributed by atoms with Crippen molar-refractivity contribution in [2.75, 3.05) is 39.0 Å². The Hall–Kier alpha value is -1.62. The second-order valence-electron chi connectivity index (χ2n) is 7.52. The minimum atomic E-state index is -3.21. The number of rotatable bonds is 6. The normalized spacial score (nSPS) is 21.5. The fourth-order valence-electron chi connectivity index (χ4n) is 4.15. The van der Waals surface area contributed by atoms with Gasteiger partial charge in [-0.1, -0.05) is 31.4 Å². The van der Waals surface area contributed by atoms with Crippen LogP contribution in [0.3, 0.4) is 0 Å². The highest BCUT2D eigenvalue weighted by Crippen LogP contribution is 2.27. The lowest BCUT2D eigenvalue weighted by molar-refractivity contribution is 0.162. The Morgan fingerprint density at radius 2 is 1.74 bits per heavy atom. The summed E-state index contributed by atoms with van der Waals surface area (Å²) >= 11 is 0. The first-order chi connectivity index (χ1) is 13.0. The van der Waals surface area contributed by atoms with Crippen LogP contribution in [0.15, 0.2) is 24.3 Å². The highest BCUT2D eigenvalue weighted by atomic mass is 32.2. The van der Waals surface area contributed by atoms with E-state index in [9.17, 15) is 13.7 Å². The van der Waals surface area contributed by atoms with Crippen molar-refractivity contribution < 1.29 is 13.2 Å². The van der Waals surface area contributed by atoms with Crippen LogP contribution in [0.25, 0.3) is 0 Å². The van der Waals surface area contributed by atoms with Crippen LogP contribution in [0.1, 0.15) is 43.7 Å². The van der Waals surface area contributed by atoms with Crippen LogP contribution in [-0.2, 0) is 10.0 Å². The Morgan fingerprint density at radius 3 is 2.30 bits per heavy atom. The molecule has 1 aliphatic carbocycles. The van der Waals surface area contributed by atoms with E-state index in [0.717, 1.165) is 37.0 Å². The summed E-state index contributed by atoms with van der Waals surface area (Å²) in [6.07, 6.45) is 5.61. The first-order valence-corrected chi connectivity index (χ1v) is 11.4. The maximum atomic E-state index is 12.8. The fraction of sp³-hybridized carbons (Fsp3) is 0.650. The molecule has 1 atom stereocenters. The molecule has 148 valence electrons. The fourth-order valence-corrected chi connectivity index (χ4v) is 6.01. The Bertz CT molecular complexity index is 744. The molecule has 1 saturated heterocycles. The maximum absolute atomic E-state index is 12.8. The molecule has 27 heavy (non-hydrogen) atoms. The van der Waals surface area contributed by atoms with Gasteiger partial charge in [0.05, 0.1) is 18.9 Å². The number of nitriles is 1. The van der Waals surface area contributed by atoms with E-state index < -0.39 is 10.0 Å². The zero-order chi connectivity index (χ0) is 19.3. The van der Waals surface area contributed by atoms with Crippen LogP contribution in [0.5, 0.6) is 5.75 Å². The van der Waals surface area contributed by atoms with Crippen LogP contribution in [0, 0.1) is 17.2 Å². The van der Waals surface area contributed by atoms with Crippen LogP contribution >= 0.6 is 0 Å². The zero-order valence-electron chi connectivity index (χ0n) is 16.0. The van der Waals surface area contributed by atoms with Gasteiger partial charge in [0.25, 0.3) is 0 Å². The molecule has 0 aromatic heterocycles. The second kappa shape index (κ2) is 9.05. The number of sulfonamides is 1. The van der Waals surface area contributed by atoms with Crippen molar-refractivity contribution in [2.45, 2.75) is 38.1 Å². The highest BCUT2D eigenvalue weighted by Gasteiger charge is 2.32. The molecule has 7 heteroatoms. The average molecular weight is 392 g/mol. The molecule has 3 rings (SSSR count). The van der Waals surface area contributed by atoms with Crippen LogP contribution in [0.2, 0.25) is 0 Å². The summed E-state index contributed by atoms with van der Waals surface area (Å²) in [6, 6.07) is 9.51. The Morgan fingerprint density at radius 1 is 1.11 bits per heavy atom. The Kier molecular flexibility index (Phi) is 6.74. The van der Waals surface area contributed by atoms with Gasteiger partial charge in [-0.2, -0.15) is 9.57 Å². The van der Waals surface area contributed by atoms with E-state index in [1.807, 2.05) is 24.3 Å². The maximum Gasteiger partial charge on any atom is 0.214 e. The van der Waals surface area contributed by atoms with Gasteiger partial charge in [-0.25, -0.2) is 8.42 Å². The van der Waals surface area contributed by atoms with Crippen molar-refractivity contribution in [3.63, 3.8) is 0 Å². The van der Waals surface area contributed by atoms with Gasteiger partial charge in [-0.3, -0.25) is 4.90 Å². The minimum absolute atomic E-state index is 0.285. The summed E-state index contributed by atoms with van der Waals surface area (Å²) in [5, 5.41) is 9.65. The number of hydrogen-bond acceptors (Lipinski definition) is 5. The van der Waals surface area contributed by atoms with E-state index >= 15 is 0 Å². The molecule has 1 aliphatic heterocycles. The topological polar surface area (TPSA) is 73.6 Å². The van der Waals surface area contributed by atoms with E-state index in [0.29, 0.717) is 32.1 Å². The molecule has 2 fully saturated rings. The number of nitrogens with zero attached hydrogens (tertiary/aromatic N) is 3. The summed E-state index contributed by atoms with van der Waals surface area (Å²) in [6.45, 7) is 2.08. The van der Waals surface area contributed by atoms with Crippen molar-refractivity contribution >= 4 is 10.0 Å². The summed E-state index contributed by atoms with van der Waals surface area (Å²) in [7, 11) is -1.59. The quantitative estimate of drug-likeness (QED) is 0.745. The predicted molar refractivity (Wildman–Crippen MR) is 105 cm³/mol. The molecule has 0 spiro atoms. The third-order valence-corrected chi connectivity index (χ3v) is 7.80. The van der Waals surface area contributed by atoms with Crippen molar-refractivity contribution in [1.29, 1.82) is 5.26 Å². The van der Waals surface area contributed by atoms with Gasteiger partial charge in [0, 0.05) is 26.2 Å². The highest BCUT2D eigenvalue weighted by molar-refractivity contribution is 7.89. The van der Waals surface area contributed by atoms with Crippen molar-refractivity contribution in [1.82, 2.24) is 9.21 Å². The molecular formula is C20H29N3O3S. The van der Waals surface area contributed by atoms with E-state index in [1.165, 1.54) is 6.42 Å². The molecule has 0 bridgehead atoms. The van der Waals surface area contributed by atoms with Gasteiger partial charge >= 0.3 is 0 Å². The molecule has 0 amide bonds. The molecule has 0 N–H and O–H groups in total. The van der Waals surface area contributed by atoms with E-state index in [2.05, 4.69) is 11.0 Å². The SMILES string of the molecule is COc1ccc([C@@H](C#N)N2CCN(S(=O)(=O)CC3CCCCC3)CC2)cc1. The van der Waals surface area contributed by atoms with Gasteiger partial charge in [0.2, 0.25) is 10.0 Å². The molecule has 1 aromatic rings. The first kappa shape index (κ1) is 20.1. The molecule has 1 aromatic carbocycles. The number of ether oxygens (including phenoxy) is 1. The standard InChI is InChI=1S/C20H29N3O3S/c1-26-19-9-7-18(8-10-19)20(15-21)22-11-13-23(14-12-22)27(24,25)16-17-5-3-2-4-6-17/h7-10,17,20H,2-6,11-14,16H2,1H3/t20-/m1/s1. The summed E-state index contributed by atoms with van der Waals surface area (Å²) in [5.41, 5.74) is 0.914. The van der Waals surface area contributed by atoms with Gasteiger partial charge < -0.3 is 4.74 Å². The first-order valence-electron chi connectivity index (χ1n) is 9.79. The third-order valence-electron chi connectivity index (χ3n) is 5.76. The molecular weight excluding hydrogens is 362 g/mol. The lowest BCUT2D eigenvalue weighted by Crippen LogP contribution is -2.50. The van der Waals surface area contributed by atoms with Crippen molar-refractivity contribution in [3.05, 3.63) is 29.8 Å². The largest absolute Gasteiger partial charge is 0.497 e. The summed E-state index contributed by atoms with van der Waals surface area (Å²) in [5.74, 6) is 1.36. The van der Waals surface area contributed by atoms with Gasteiger partial charge in [-0.15, -0.1) is 0 Å². The van der Waals surface area contributed by atoms with Crippen LogP contribution < -0.4 is 4.74 Å². The number of piperazine rings is 1. The summed E-state index contributed by atoms with van der Waals surface area (Å²) in [4.78, 5) is 2.06. The Balaban J connectivity index is 1.58. The van der Waals surface area contributed by atoms with Gasteiger partial charge in [0.15, 0.2) is 0 Å². The molecule has 0 unspecified atom stereocenters. The minimum Gasteiger partial charge on any atom is -0.497 e. The van der Waals surface area contributed by atoms with Crippen LogP contribution in [0.4, 0.5) is 0 Å². The van der Waals surface area contributed by atoms with Gasteiger partial charge in [0.1, 0.15) is 11.8 Å². The number of benzene rings is 1.